The van der Waals surface area contributed by atoms with E-state index in [0.717, 1.165) is 27.3 Å². The minimum atomic E-state index is -0.833. The number of carboxylic acids is 3. The Morgan fingerprint density at radius 1 is 1.00 bits per heavy atom. The average molecular weight is 266 g/mol. The number of carboxylic acid groups (broad SMARTS) is 3. The largest absolute Gasteiger partial charge is 0.481 e. The Kier molecular flexibility index (Phi) is 33.8. The van der Waals surface area contributed by atoms with Crippen molar-refractivity contribution in [1.29, 1.82) is 0 Å². The van der Waals surface area contributed by atoms with Crippen LogP contribution in [0, 0.1) is 0 Å². The zero-order valence-corrected chi connectivity index (χ0v) is 11.1. The third-order valence-electron chi connectivity index (χ3n) is 0.441. The van der Waals surface area contributed by atoms with Crippen LogP contribution < -0.4 is 5.73 Å². The maximum atomic E-state index is 9.00. The van der Waals surface area contributed by atoms with Crippen LogP contribution in [0.5, 0.6) is 0 Å². The fourth-order valence-corrected chi connectivity index (χ4v) is 0.204. The van der Waals surface area contributed by atoms with E-state index < -0.39 is 17.9 Å². The van der Waals surface area contributed by atoms with Gasteiger partial charge in [0.05, 0.1) is 6.54 Å². The van der Waals surface area contributed by atoms with E-state index >= 15 is 0 Å². The van der Waals surface area contributed by atoms with E-state index in [0.29, 0.717) is 6.54 Å². The summed E-state index contributed by atoms with van der Waals surface area (Å²) in [7, 11) is 0. The Hall–Kier alpha value is -1.96. The highest BCUT2D eigenvalue weighted by Crippen LogP contribution is 1.57. The third kappa shape index (κ3) is 2210. The smallest absolute Gasteiger partial charge is 0.300 e. The van der Waals surface area contributed by atoms with Crippen LogP contribution in [0.2, 0.25) is 0 Å². The van der Waals surface area contributed by atoms with Gasteiger partial charge in [0.15, 0.2) is 0 Å². The molecular weight excluding hydrogens is 244 g/mol. The zero-order chi connectivity index (χ0) is 15.6. The van der Waals surface area contributed by atoms with Crippen molar-refractivity contribution in [3.05, 3.63) is 0 Å². The van der Waals surface area contributed by atoms with Crippen molar-refractivity contribution >= 4 is 24.1 Å². The normalized spacial score (nSPS) is 7.61. The molecule has 0 amide bonds. The molecule has 0 radical (unpaired) electrons. The molecule has 5 N–H and O–H groups in total. The Labute approximate surface area is 106 Å². The molecular formula is C10H22N2O6. The van der Waals surface area contributed by atoms with Crippen LogP contribution in [0.1, 0.15) is 27.7 Å². The van der Waals surface area contributed by atoms with Crippen molar-refractivity contribution in [3.8, 4) is 0 Å². The van der Waals surface area contributed by atoms with Crippen LogP contribution in [-0.4, -0.2) is 52.5 Å². The van der Waals surface area contributed by atoms with Gasteiger partial charge in [-0.2, -0.15) is 0 Å². The van der Waals surface area contributed by atoms with Crippen molar-refractivity contribution in [2.45, 2.75) is 27.7 Å². The van der Waals surface area contributed by atoms with E-state index in [9.17, 15) is 0 Å². The lowest BCUT2D eigenvalue weighted by Crippen LogP contribution is -2.01. The number of hydrogen-bond acceptors (Lipinski definition) is 5. The van der Waals surface area contributed by atoms with Gasteiger partial charge in [0.2, 0.25) is 0 Å². The number of rotatable bonds is 2. The van der Waals surface area contributed by atoms with Gasteiger partial charge in [0.25, 0.3) is 17.9 Å². The van der Waals surface area contributed by atoms with Crippen LogP contribution in [0.3, 0.4) is 0 Å². The van der Waals surface area contributed by atoms with E-state index in [1.54, 1.807) is 6.21 Å². The molecule has 0 atom stereocenters. The molecule has 0 saturated heterocycles. The number of nitrogens with zero attached hydrogens (tertiary/aromatic N) is 1. The van der Waals surface area contributed by atoms with Gasteiger partial charge < -0.3 is 21.1 Å². The molecule has 0 aliphatic heterocycles. The van der Waals surface area contributed by atoms with Crippen molar-refractivity contribution in [3.63, 3.8) is 0 Å². The summed E-state index contributed by atoms with van der Waals surface area (Å²) in [5, 5.41) is 22.2. The molecule has 18 heavy (non-hydrogen) atoms. The molecule has 0 spiro atoms. The van der Waals surface area contributed by atoms with Crippen LogP contribution in [0.25, 0.3) is 0 Å². The highest BCUT2D eigenvalue weighted by Gasteiger charge is 1.66. The molecule has 0 aromatic heterocycles. The second kappa shape index (κ2) is 24.3. The highest BCUT2D eigenvalue weighted by molar-refractivity contribution is 5.63. The molecule has 0 aliphatic rings. The lowest BCUT2D eigenvalue weighted by atomic mass is 10.7. The van der Waals surface area contributed by atoms with Crippen molar-refractivity contribution in [1.82, 2.24) is 0 Å². The van der Waals surface area contributed by atoms with Crippen LogP contribution >= 0.6 is 0 Å². The Bertz CT molecular complexity index is 200. The summed E-state index contributed by atoms with van der Waals surface area (Å²) in [6, 6.07) is 0. The summed E-state index contributed by atoms with van der Waals surface area (Å²) in [6.07, 6.45) is 1.76. The molecule has 0 bridgehead atoms. The van der Waals surface area contributed by atoms with Crippen LogP contribution in [0.4, 0.5) is 0 Å². The fourth-order valence-electron chi connectivity index (χ4n) is 0.204. The first-order chi connectivity index (χ1) is 8.11. The van der Waals surface area contributed by atoms with Gasteiger partial charge in [-0.25, -0.2) is 0 Å². The highest BCUT2D eigenvalue weighted by atomic mass is 16.4. The first kappa shape index (κ1) is 25.0. The molecule has 108 valence electrons. The quantitative estimate of drug-likeness (QED) is 0.525. The van der Waals surface area contributed by atoms with Crippen molar-refractivity contribution < 1.29 is 29.7 Å². The SMILES string of the molecule is CC(=O)O.CC(=O)O.CC(=O)O.CC=NCCN. The molecule has 0 fully saturated rings. The standard InChI is InChI=1S/C4H10N2.3C2H4O2/c1-2-6-4-3-5;3*1-2(3)4/h2H,3-5H2,1H3;3*1H3,(H,3,4). The maximum Gasteiger partial charge on any atom is 0.300 e. The molecule has 0 saturated carbocycles. The summed E-state index contributed by atoms with van der Waals surface area (Å²) in [5.41, 5.74) is 5.10. The van der Waals surface area contributed by atoms with Gasteiger partial charge >= 0.3 is 0 Å². The number of aliphatic imine (C=N–C) groups is 1. The monoisotopic (exact) mass is 266 g/mol. The minimum Gasteiger partial charge on any atom is -0.481 e. The Morgan fingerprint density at radius 3 is 1.28 bits per heavy atom. The van der Waals surface area contributed by atoms with Crippen molar-refractivity contribution in [2.75, 3.05) is 13.1 Å². The molecule has 0 aromatic rings. The summed E-state index contributed by atoms with van der Waals surface area (Å²) < 4.78 is 0. The summed E-state index contributed by atoms with van der Waals surface area (Å²) in [5.74, 6) is -2.50. The Balaban J connectivity index is -0.0000000742. The summed E-state index contributed by atoms with van der Waals surface area (Å²) in [6.45, 7) is 6.55. The molecule has 0 aliphatic carbocycles. The number of nitrogens with two attached hydrogens (primary N) is 1. The van der Waals surface area contributed by atoms with E-state index in [1.165, 1.54) is 0 Å². The van der Waals surface area contributed by atoms with E-state index in [-0.39, 0.29) is 0 Å². The first-order valence-electron chi connectivity index (χ1n) is 4.84. The van der Waals surface area contributed by atoms with Gasteiger partial charge in [0.1, 0.15) is 0 Å². The lowest BCUT2D eigenvalue weighted by molar-refractivity contribution is -0.135. The van der Waals surface area contributed by atoms with Gasteiger partial charge in [-0.3, -0.25) is 19.4 Å². The second-order valence-electron chi connectivity index (χ2n) is 2.51. The van der Waals surface area contributed by atoms with E-state index in [4.69, 9.17) is 35.4 Å². The second-order valence-corrected chi connectivity index (χ2v) is 2.51. The fraction of sp³-hybridized carbons (Fsp3) is 0.600. The molecule has 8 heteroatoms. The number of carbonyl (C=O) groups is 3. The lowest BCUT2D eigenvalue weighted by Gasteiger charge is -1.78. The third-order valence-corrected chi connectivity index (χ3v) is 0.441. The molecule has 0 aromatic carbocycles. The van der Waals surface area contributed by atoms with Crippen LogP contribution in [0.15, 0.2) is 4.99 Å². The van der Waals surface area contributed by atoms with Gasteiger partial charge in [0, 0.05) is 27.3 Å². The van der Waals surface area contributed by atoms with E-state index in [2.05, 4.69) is 4.99 Å². The topological polar surface area (TPSA) is 150 Å². The number of hydrogen-bond donors (Lipinski definition) is 4. The van der Waals surface area contributed by atoms with E-state index in [1.807, 2.05) is 6.92 Å². The molecule has 8 nitrogen and oxygen atoms in total. The average Bonchev–Trinajstić information content (AvgIpc) is 2.11. The minimum absolute atomic E-state index is 0.657. The number of aliphatic carboxylic acids is 3. The van der Waals surface area contributed by atoms with Gasteiger partial charge in [-0.15, -0.1) is 0 Å². The Morgan fingerprint density at radius 2 is 1.22 bits per heavy atom. The molecule has 0 rings (SSSR count). The first-order valence-corrected chi connectivity index (χ1v) is 4.84. The molecule has 0 heterocycles. The van der Waals surface area contributed by atoms with Gasteiger partial charge in [-0.05, 0) is 13.1 Å². The predicted molar refractivity (Wildman–Crippen MR) is 68.0 cm³/mol. The van der Waals surface area contributed by atoms with Crippen molar-refractivity contribution in [2.24, 2.45) is 10.7 Å². The molecule has 0 unspecified atom stereocenters. The summed E-state index contributed by atoms with van der Waals surface area (Å²) >= 11 is 0. The van der Waals surface area contributed by atoms with Crippen LogP contribution in [-0.2, 0) is 14.4 Å². The zero-order valence-electron chi connectivity index (χ0n) is 11.1. The summed E-state index contributed by atoms with van der Waals surface area (Å²) in [4.78, 5) is 30.8. The maximum absolute atomic E-state index is 9.00. The van der Waals surface area contributed by atoms with Gasteiger partial charge in [-0.1, -0.05) is 0 Å². The predicted octanol–water partition coefficient (Wildman–Crippen LogP) is 0.309.